The minimum atomic E-state index is -0.898. The van der Waals surface area contributed by atoms with Crippen LogP contribution in [0, 0.1) is 0 Å². The summed E-state index contributed by atoms with van der Waals surface area (Å²) in [6.45, 7) is -0.101. The zero-order valence-electron chi connectivity index (χ0n) is 25.8. The lowest BCUT2D eigenvalue weighted by molar-refractivity contribution is 0.0195. The lowest BCUT2D eigenvalue weighted by Crippen LogP contribution is -2.33. The molecule has 9 nitrogen and oxygen atoms in total. The van der Waals surface area contributed by atoms with Gasteiger partial charge in [-0.1, -0.05) is 36.4 Å². The maximum absolute atomic E-state index is 11.5. The molecular formula is C38H35NO8. The number of benzene rings is 4. The van der Waals surface area contributed by atoms with Crippen LogP contribution in [0.5, 0.6) is 28.7 Å². The number of fused-ring (bicyclic) bond motifs is 5. The summed E-state index contributed by atoms with van der Waals surface area (Å²) in [5.74, 6) is 1.40. The first-order valence-electron chi connectivity index (χ1n) is 15.9. The highest BCUT2D eigenvalue weighted by atomic mass is 16.5. The van der Waals surface area contributed by atoms with Crippen molar-refractivity contribution in [1.29, 1.82) is 0 Å². The highest BCUT2D eigenvalue weighted by molar-refractivity contribution is 5.87. The Bertz CT molecular complexity index is 2070. The first kappa shape index (κ1) is 29.6. The number of allylic oxidation sites excluding steroid dienone is 1. The molecule has 8 rings (SSSR count). The Kier molecular flexibility index (Phi) is 7.20. The first-order valence-corrected chi connectivity index (χ1v) is 15.9. The molecule has 0 unspecified atom stereocenters. The summed E-state index contributed by atoms with van der Waals surface area (Å²) in [6, 6.07) is 16.6. The number of phenols is 2. The predicted octanol–water partition coefficient (Wildman–Crippen LogP) is 3.41. The van der Waals surface area contributed by atoms with Crippen LogP contribution < -0.4 is 24.8 Å². The smallest absolute Gasteiger partial charge is 0.160 e. The molecular weight excluding hydrogens is 598 g/mol. The van der Waals surface area contributed by atoms with E-state index in [4.69, 9.17) is 14.2 Å². The highest BCUT2D eigenvalue weighted by Gasteiger charge is 2.41. The van der Waals surface area contributed by atoms with Gasteiger partial charge in [-0.3, -0.25) is 4.99 Å². The van der Waals surface area contributed by atoms with Crippen LogP contribution in [0.15, 0.2) is 65.7 Å². The minimum Gasteiger partial charge on any atom is -0.507 e. The van der Waals surface area contributed by atoms with E-state index in [1.54, 1.807) is 24.3 Å². The van der Waals surface area contributed by atoms with E-state index in [1.807, 2.05) is 12.1 Å². The number of methoxy groups -OCH3 is 1. The Labute approximate surface area is 271 Å². The van der Waals surface area contributed by atoms with Crippen molar-refractivity contribution in [2.45, 2.75) is 43.0 Å². The second kappa shape index (κ2) is 11.5. The number of hydrogen-bond acceptors (Lipinski definition) is 9. The Hall–Kier alpha value is -4.83. The van der Waals surface area contributed by atoms with Crippen LogP contribution in [0.2, 0.25) is 0 Å². The highest BCUT2D eigenvalue weighted by Crippen LogP contribution is 2.57. The Morgan fingerprint density at radius 3 is 2.53 bits per heavy atom. The normalized spacial score (nSPS) is 21.5. The molecule has 0 saturated carbocycles. The quantitative estimate of drug-likeness (QED) is 0.209. The molecule has 0 fully saturated rings. The average molecular weight is 634 g/mol. The number of hydrogen-bond donors (Lipinski definition) is 5. The van der Waals surface area contributed by atoms with Crippen molar-refractivity contribution in [1.82, 2.24) is 0 Å². The molecule has 0 radical (unpaired) electrons. The molecule has 0 spiro atoms. The van der Waals surface area contributed by atoms with Gasteiger partial charge >= 0.3 is 0 Å². The van der Waals surface area contributed by atoms with Crippen LogP contribution in [-0.2, 0) is 12.8 Å². The van der Waals surface area contributed by atoms with E-state index in [2.05, 4.69) is 35.3 Å². The van der Waals surface area contributed by atoms with Gasteiger partial charge in [0.05, 0.1) is 38.3 Å². The number of aliphatic hydroxyl groups is 3. The van der Waals surface area contributed by atoms with E-state index >= 15 is 0 Å². The monoisotopic (exact) mass is 633 g/mol. The van der Waals surface area contributed by atoms with E-state index < -0.39 is 18.3 Å². The first-order chi connectivity index (χ1) is 22.9. The summed E-state index contributed by atoms with van der Waals surface area (Å²) in [5.41, 5.74) is 7.10. The second-order valence-electron chi connectivity index (χ2n) is 12.6. The van der Waals surface area contributed by atoms with Gasteiger partial charge < -0.3 is 39.7 Å². The molecule has 240 valence electrons. The molecule has 4 aromatic rings. The summed E-state index contributed by atoms with van der Waals surface area (Å²) >= 11 is 0. The van der Waals surface area contributed by atoms with Gasteiger partial charge in [0.1, 0.15) is 29.5 Å². The molecule has 4 atom stereocenters. The van der Waals surface area contributed by atoms with E-state index in [-0.39, 0.29) is 42.3 Å². The molecule has 5 N–H and O–H groups in total. The summed E-state index contributed by atoms with van der Waals surface area (Å²) in [7, 11) is 1.47. The summed E-state index contributed by atoms with van der Waals surface area (Å²) < 4.78 is 18.1. The van der Waals surface area contributed by atoms with E-state index in [0.29, 0.717) is 36.4 Å². The summed E-state index contributed by atoms with van der Waals surface area (Å²) in [5, 5.41) is 54.8. The largest absolute Gasteiger partial charge is 0.507 e. The fraction of sp³-hybridized carbons (Fsp3) is 0.289. The molecule has 47 heavy (non-hydrogen) atoms. The van der Waals surface area contributed by atoms with Crippen LogP contribution in [0.4, 0.5) is 0 Å². The van der Waals surface area contributed by atoms with Crippen molar-refractivity contribution < 1.29 is 39.7 Å². The average Bonchev–Trinajstić information content (AvgIpc) is 3.57. The summed E-state index contributed by atoms with van der Waals surface area (Å²) in [4.78, 5) is 4.56. The van der Waals surface area contributed by atoms with Crippen molar-refractivity contribution in [3.8, 4) is 39.9 Å². The zero-order valence-corrected chi connectivity index (χ0v) is 25.8. The van der Waals surface area contributed by atoms with Crippen LogP contribution in [-0.4, -0.2) is 64.6 Å². The van der Waals surface area contributed by atoms with Gasteiger partial charge in [0.2, 0.25) is 0 Å². The van der Waals surface area contributed by atoms with Crippen LogP contribution in [0.1, 0.15) is 51.3 Å². The number of nitrogens with zero attached hydrogens (tertiary/aromatic N) is 1. The molecule has 4 aromatic carbocycles. The lowest BCUT2D eigenvalue weighted by Gasteiger charge is -2.40. The number of phenolic OH excluding ortho intramolecular Hbond substituents is 2. The van der Waals surface area contributed by atoms with Gasteiger partial charge in [0, 0.05) is 35.1 Å². The molecule has 9 heteroatoms. The number of ether oxygens (including phenoxy) is 3. The summed E-state index contributed by atoms with van der Waals surface area (Å²) in [6.07, 6.45) is 4.66. The van der Waals surface area contributed by atoms with Gasteiger partial charge in [0.25, 0.3) is 0 Å². The topological polar surface area (TPSA) is 141 Å². The Morgan fingerprint density at radius 2 is 1.72 bits per heavy atom. The van der Waals surface area contributed by atoms with Crippen LogP contribution >= 0.6 is 0 Å². The molecule has 0 bridgehead atoms. The van der Waals surface area contributed by atoms with E-state index in [0.717, 1.165) is 49.5 Å². The van der Waals surface area contributed by atoms with E-state index in [9.17, 15) is 25.5 Å². The molecule has 2 heterocycles. The number of aromatic hydroxyl groups is 2. The van der Waals surface area contributed by atoms with Crippen LogP contribution in [0.3, 0.4) is 0 Å². The predicted molar refractivity (Wildman–Crippen MR) is 175 cm³/mol. The maximum atomic E-state index is 11.5. The molecule has 0 saturated heterocycles. The molecule has 2 aliphatic heterocycles. The fourth-order valence-corrected chi connectivity index (χ4v) is 7.73. The fourth-order valence-electron chi connectivity index (χ4n) is 7.73. The van der Waals surface area contributed by atoms with Crippen molar-refractivity contribution in [3.63, 3.8) is 0 Å². The molecule has 4 aliphatic rings. The standard InChI is InChI=1S/C38H35NO8/c1-45-34-13-21(3-8-31(34)43)38-32(44)15-26-28-14-27-23(19-2-7-29-20(12-19)10-11-39-29)4-5-24-30(42)9-6-25(36(24)27)37(28)35(16-33(26)47-38)46-22(17-40)18-41/h2-10,12-13,16,22-23,27,32,38,40-44H,11,14-15,17-18H2,1H3/t23-,27-,32+,38+/m0/s1. The Morgan fingerprint density at radius 1 is 0.915 bits per heavy atom. The van der Waals surface area contributed by atoms with Crippen molar-refractivity contribution in [2.75, 3.05) is 26.9 Å². The van der Waals surface area contributed by atoms with Crippen molar-refractivity contribution in [3.05, 3.63) is 105 Å². The third-order valence-corrected chi connectivity index (χ3v) is 9.96. The zero-order chi connectivity index (χ0) is 32.4. The van der Waals surface area contributed by atoms with Crippen molar-refractivity contribution in [2.24, 2.45) is 4.99 Å². The van der Waals surface area contributed by atoms with Crippen molar-refractivity contribution >= 4 is 12.2 Å². The van der Waals surface area contributed by atoms with Gasteiger partial charge in [-0.15, -0.1) is 0 Å². The molecule has 2 aliphatic carbocycles. The number of aliphatic hydroxyl groups excluding tert-OH is 3. The minimum absolute atomic E-state index is 0.00463. The number of rotatable bonds is 7. The lowest BCUT2D eigenvalue weighted by atomic mass is 9.66. The van der Waals surface area contributed by atoms with Gasteiger partial charge in [-0.2, -0.15) is 0 Å². The molecule has 0 aromatic heterocycles. The van der Waals surface area contributed by atoms with Gasteiger partial charge in [-0.05, 0) is 75.7 Å². The molecule has 0 amide bonds. The second-order valence-corrected chi connectivity index (χ2v) is 12.6. The van der Waals surface area contributed by atoms with E-state index in [1.165, 1.54) is 13.2 Å². The van der Waals surface area contributed by atoms with Crippen LogP contribution in [0.25, 0.3) is 23.3 Å². The third kappa shape index (κ3) is 4.76. The SMILES string of the molecule is COc1cc([C@H]2Oc3cc(OC(CO)CO)c4c(c3C[C@H]2O)C[C@@H]2c3c-4ccc(O)c3C=C[C@H]2c2ccc3c(c2)=CCN=3)ccc1O. The Balaban J connectivity index is 1.30. The van der Waals surface area contributed by atoms with Gasteiger partial charge in [0.15, 0.2) is 11.5 Å². The maximum Gasteiger partial charge on any atom is 0.160 e. The third-order valence-electron chi connectivity index (χ3n) is 9.96. The van der Waals surface area contributed by atoms with Gasteiger partial charge in [-0.25, -0.2) is 0 Å².